The van der Waals surface area contributed by atoms with E-state index in [1.165, 1.54) is 0 Å². The van der Waals surface area contributed by atoms with Crippen LogP contribution >= 0.6 is 0 Å². The van der Waals surface area contributed by atoms with Crippen LogP contribution in [0, 0.1) is 0 Å². The lowest BCUT2D eigenvalue weighted by molar-refractivity contribution is -0.122. The van der Waals surface area contributed by atoms with Crippen LogP contribution in [0.5, 0.6) is 11.5 Å². The van der Waals surface area contributed by atoms with E-state index in [0.29, 0.717) is 24.3 Å². The van der Waals surface area contributed by atoms with Gasteiger partial charge in [0.1, 0.15) is 11.5 Å². The molecule has 0 aromatic heterocycles. The first kappa shape index (κ1) is 24.6. The Morgan fingerprint density at radius 2 is 1.12 bits per heavy atom. The number of nitrogens with zero attached hydrogens (tertiary/aromatic N) is 2. The highest BCUT2D eigenvalue weighted by Crippen LogP contribution is 2.15. The number of benzene rings is 2. The molecule has 0 radical (unpaired) electrons. The van der Waals surface area contributed by atoms with Crippen molar-refractivity contribution >= 4 is 24.2 Å². The number of carbonyl (C=O) groups excluding carboxylic acids is 2. The number of methoxy groups -OCH3 is 2. The fraction of sp³-hybridized carbons (Fsp3) is 0.333. The van der Waals surface area contributed by atoms with Crippen molar-refractivity contribution in [2.24, 2.45) is 10.2 Å². The molecule has 0 fully saturated rings. The third-order valence-electron chi connectivity index (χ3n) is 4.62. The Kier molecular flexibility index (Phi) is 11.0. The van der Waals surface area contributed by atoms with Gasteiger partial charge in [-0.2, -0.15) is 10.2 Å². The van der Waals surface area contributed by atoms with Crippen LogP contribution in [0.2, 0.25) is 0 Å². The van der Waals surface area contributed by atoms with Crippen molar-refractivity contribution in [3.63, 3.8) is 0 Å². The molecule has 170 valence electrons. The Labute approximate surface area is 188 Å². The van der Waals surface area contributed by atoms with Gasteiger partial charge in [0.15, 0.2) is 0 Å². The normalized spacial score (nSPS) is 10.9. The maximum Gasteiger partial charge on any atom is 0.240 e. The summed E-state index contributed by atoms with van der Waals surface area (Å²) in [5.74, 6) is 1.11. The Balaban J connectivity index is 1.55. The van der Waals surface area contributed by atoms with Crippen molar-refractivity contribution in [3.05, 3.63) is 59.7 Å². The Morgan fingerprint density at radius 1 is 0.719 bits per heavy atom. The van der Waals surface area contributed by atoms with E-state index in [2.05, 4.69) is 21.1 Å². The summed E-state index contributed by atoms with van der Waals surface area (Å²) in [7, 11) is 3.18. The minimum absolute atomic E-state index is 0.139. The van der Waals surface area contributed by atoms with Crippen molar-refractivity contribution in [1.82, 2.24) is 10.9 Å². The second-order valence-corrected chi connectivity index (χ2v) is 6.98. The van der Waals surface area contributed by atoms with Crippen LogP contribution in [0.25, 0.3) is 0 Å². The second-order valence-electron chi connectivity index (χ2n) is 6.98. The minimum atomic E-state index is -0.139. The fourth-order valence-electron chi connectivity index (χ4n) is 2.93. The molecule has 2 aromatic carbocycles. The molecule has 2 aromatic rings. The van der Waals surface area contributed by atoms with Crippen molar-refractivity contribution in [1.29, 1.82) is 0 Å². The van der Waals surface area contributed by atoms with Gasteiger partial charge >= 0.3 is 0 Å². The number of amides is 2. The van der Waals surface area contributed by atoms with Crippen LogP contribution in [-0.2, 0) is 9.59 Å². The average Bonchev–Trinajstić information content (AvgIpc) is 2.82. The molecule has 2 amide bonds. The van der Waals surface area contributed by atoms with E-state index in [-0.39, 0.29) is 11.8 Å². The molecule has 0 unspecified atom stereocenters. The van der Waals surface area contributed by atoms with Crippen LogP contribution in [-0.4, -0.2) is 38.5 Å². The van der Waals surface area contributed by atoms with Crippen molar-refractivity contribution in [3.8, 4) is 11.5 Å². The zero-order chi connectivity index (χ0) is 23.0. The first-order valence-corrected chi connectivity index (χ1v) is 10.5. The monoisotopic (exact) mass is 438 g/mol. The molecule has 8 heteroatoms. The number of unbranched alkanes of at least 4 members (excludes halogenated alkanes) is 3. The molecule has 8 nitrogen and oxygen atoms in total. The first-order chi connectivity index (χ1) is 15.6. The fourth-order valence-corrected chi connectivity index (χ4v) is 2.93. The topological polar surface area (TPSA) is 101 Å². The van der Waals surface area contributed by atoms with Gasteiger partial charge in [-0.1, -0.05) is 37.1 Å². The molecule has 0 aliphatic rings. The molecule has 2 N–H and O–H groups in total. The van der Waals surface area contributed by atoms with E-state index >= 15 is 0 Å². The molecule has 32 heavy (non-hydrogen) atoms. The molecule has 0 spiro atoms. The third kappa shape index (κ3) is 8.99. The zero-order valence-corrected chi connectivity index (χ0v) is 18.5. The van der Waals surface area contributed by atoms with Gasteiger partial charge in [0.2, 0.25) is 11.8 Å². The number of nitrogens with one attached hydrogen (secondary N) is 2. The summed E-state index contributed by atoms with van der Waals surface area (Å²) in [6, 6.07) is 14.9. The van der Waals surface area contributed by atoms with Crippen LogP contribution in [0.1, 0.15) is 49.7 Å². The van der Waals surface area contributed by atoms with Crippen LogP contribution in [0.3, 0.4) is 0 Å². The number of carbonyl (C=O) groups is 2. The molecule has 0 saturated heterocycles. The van der Waals surface area contributed by atoms with Crippen LogP contribution in [0.4, 0.5) is 0 Å². The van der Waals surface area contributed by atoms with Crippen molar-refractivity contribution in [2.75, 3.05) is 14.2 Å². The standard InChI is InChI=1S/C24H30N4O4/c1-31-21-13-9-7-11-19(21)17-25-27-23(29)15-5-3-4-6-16-24(30)28-26-18-20-12-8-10-14-22(20)32-2/h7-14,17-18H,3-6,15-16H2,1-2H3,(H,27,29)(H,28,30). The lowest BCUT2D eigenvalue weighted by atomic mass is 10.1. The molecule has 0 aliphatic carbocycles. The smallest absolute Gasteiger partial charge is 0.240 e. The highest BCUT2D eigenvalue weighted by atomic mass is 16.5. The van der Waals surface area contributed by atoms with E-state index in [0.717, 1.165) is 36.8 Å². The number of hydrogen-bond donors (Lipinski definition) is 2. The van der Waals surface area contributed by atoms with Gasteiger partial charge in [-0.05, 0) is 37.1 Å². The lowest BCUT2D eigenvalue weighted by Gasteiger charge is -2.04. The Hall–Kier alpha value is -3.68. The molecule has 0 atom stereocenters. The number of hydrazone groups is 2. The van der Waals surface area contributed by atoms with E-state index < -0.39 is 0 Å². The zero-order valence-electron chi connectivity index (χ0n) is 18.5. The molecular formula is C24H30N4O4. The van der Waals surface area contributed by atoms with Gasteiger partial charge in [0.25, 0.3) is 0 Å². The number of rotatable bonds is 13. The maximum atomic E-state index is 11.9. The van der Waals surface area contributed by atoms with E-state index in [9.17, 15) is 9.59 Å². The summed E-state index contributed by atoms with van der Waals surface area (Å²) >= 11 is 0. The molecule has 2 rings (SSSR count). The van der Waals surface area contributed by atoms with Gasteiger partial charge in [0, 0.05) is 24.0 Å². The van der Waals surface area contributed by atoms with Crippen LogP contribution in [0.15, 0.2) is 58.7 Å². The quantitative estimate of drug-likeness (QED) is 0.283. The van der Waals surface area contributed by atoms with Gasteiger partial charge in [-0.15, -0.1) is 0 Å². The Morgan fingerprint density at radius 3 is 1.53 bits per heavy atom. The predicted octanol–water partition coefficient (Wildman–Crippen LogP) is 3.64. The van der Waals surface area contributed by atoms with Gasteiger partial charge < -0.3 is 9.47 Å². The van der Waals surface area contributed by atoms with Crippen molar-refractivity contribution < 1.29 is 19.1 Å². The lowest BCUT2D eigenvalue weighted by Crippen LogP contribution is -2.17. The maximum absolute atomic E-state index is 11.9. The minimum Gasteiger partial charge on any atom is -0.496 e. The van der Waals surface area contributed by atoms with Gasteiger partial charge in [-0.25, -0.2) is 10.9 Å². The molecule has 0 bridgehead atoms. The summed E-state index contributed by atoms with van der Waals surface area (Å²) < 4.78 is 10.5. The van der Waals surface area contributed by atoms with Gasteiger partial charge in [-0.3, -0.25) is 9.59 Å². The van der Waals surface area contributed by atoms with Gasteiger partial charge in [0.05, 0.1) is 26.6 Å². The average molecular weight is 439 g/mol. The van der Waals surface area contributed by atoms with Crippen molar-refractivity contribution in [2.45, 2.75) is 38.5 Å². The summed E-state index contributed by atoms with van der Waals surface area (Å²) in [6.07, 6.45) is 7.10. The Bertz CT molecular complexity index is 852. The molecule has 0 aliphatic heterocycles. The predicted molar refractivity (Wildman–Crippen MR) is 125 cm³/mol. The molecular weight excluding hydrogens is 408 g/mol. The number of hydrogen-bond acceptors (Lipinski definition) is 6. The van der Waals surface area contributed by atoms with E-state index in [4.69, 9.17) is 9.47 Å². The highest BCUT2D eigenvalue weighted by molar-refractivity contribution is 5.85. The highest BCUT2D eigenvalue weighted by Gasteiger charge is 2.03. The van der Waals surface area contributed by atoms with Crippen LogP contribution < -0.4 is 20.3 Å². The SMILES string of the molecule is COc1ccccc1C=NNC(=O)CCCCCCC(=O)NN=Cc1ccccc1OC. The first-order valence-electron chi connectivity index (χ1n) is 10.5. The summed E-state index contributed by atoms with van der Waals surface area (Å²) in [6.45, 7) is 0. The summed E-state index contributed by atoms with van der Waals surface area (Å²) in [5.41, 5.74) is 6.63. The summed E-state index contributed by atoms with van der Waals surface area (Å²) in [4.78, 5) is 23.7. The van der Waals surface area contributed by atoms with E-state index in [1.807, 2.05) is 48.5 Å². The van der Waals surface area contributed by atoms with E-state index in [1.54, 1.807) is 26.6 Å². The second kappa shape index (κ2) is 14.3. The number of para-hydroxylation sites is 2. The largest absolute Gasteiger partial charge is 0.496 e. The third-order valence-corrected chi connectivity index (χ3v) is 4.62. The number of ether oxygens (including phenoxy) is 2. The summed E-state index contributed by atoms with van der Waals surface area (Å²) in [5, 5.41) is 7.94. The molecule has 0 saturated carbocycles. The molecule has 0 heterocycles.